The van der Waals surface area contributed by atoms with E-state index in [2.05, 4.69) is 4.74 Å². The van der Waals surface area contributed by atoms with Crippen molar-refractivity contribution in [3.8, 4) is 5.75 Å². The first-order valence-electron chi connectivity index (χ1n) is 11.0. The molecule has 10 heteroatoms. The van der Waals surface area contributed by atoms with Gasteiger partial charge in [-0.3, -0.25) is 9.59 Å². The van der Waals surface area contributed by atoms with E-state index < -0.39 is 12.4 Å². The van der Waals surface area contributed by atoms with Gasteiger partial charge in [0.15, 0.2) is 5.78 Å². The van der Waals surface area contributed by atoms with Crippen molar-refractivity contribution >= 4 is 29.1 Å². The van der Waals surface area contributed by atoms with Crippen LogP contribution in [0, 0.1) is 5.92 Å². The molecule has 6 nitrogen and oxygen atoms in total. The summed E-state index contributed by atoms with van der Waals surface area (Å²) in [5, 5.41) is 0. The van der Waals surface area contributed by atoms with Crippen LogP contribution in [0.25, 0.3) is 0 Å². The van der Waals surface area contributed by atoms with E-state index in [1.54, 1.807) is 12.1 Å². The second kappa shape index (κ2) is 10.4. The summed E-state index contributed by atoms with van der Waals surface area (Å²) >= 11 is 1.44. The van der Waals surface area contributed by atoms with E-state index in [1.807, 2.05) is 6.07 Å². The van der Waals surface area contributed by atoms with Crippen molar-refractivity contribution in [2.24, 2.45) is 11.7 Å². The van der Waals surface area contributed by atoms with Crippen molar-refractivity contribution in [1.82, 2.24) is 0 Å². The Balaban J connectivity index is 1.57. The van der Waals surface area contributed by atoms with Gasteiger partial charge in [-0.15, -0.1) is 24.9 Å². The molecule has 2 aromatic carbocycles. The van der Waals surface area contributed by atoms with Gasteiger partial charge < -0.3 is 20.1 Å². The van der Waals surface area contributed by atoms with E-state index in [9.17, 15) is 22.8 Å². The first-order chi connectivity index (χ1) is 16.2. The Kier molecular flexibility index (Phi) is 7.49. The normalized spacial score (nSPS) is 19.5. The maximum Gasteiger partial charge on any atom is 0.573 e. The van der Waals surface area contributed by atoms with Crippen molar-refractivity contribution < 1.29 is 32.2 Å². The molecule has 2 aromatic rings. The van der Waals surface area contributed by atoms with E-state index in [1.165, 1.54) is 40.9 Å². The molecule has 2 aliphatic rings. The van der Waals surface area contributed by atoms with Crippen molar-refractivity contribution in [3.05, 3.63) is 53.6 Å². The van der Waals surface area contributed by atoms with Crippen LogP contribution in [-0.4, -0.2) is 43.1 Å². The zero-order chi connectivity index (χ0) is 24.3. The molecule has 2 aliphatic heterocycles. The number of halogens is 3. The number of carbonyl (C=O) groups is 2. The topological polar surface area (TPSA) is 81.9 Å². The summed E-state index contributed by atoms with van der Waals surface area (Å²) in [6.07, 6.45) is -2.66. The molecule has 0 bridgehead atoms. The summed E-state index contributed by atoms with van der Waals surface area (Å²) in [6.45, 7) is 1.42. The summed E-state index contributed by atoms with van der Waals surface area (Å²) < 4.78 is 46.6. The molecular weight excluding hydrogens is 469 g/mol. The van der Waals surface area contributed by atoms with Gasteiger partial charge in [0.2, 0.25) is 5.91 Å². The molecule has 4 rings (SSSR count). The van der Waals surface area contributed by atoms with Crippen LogP contribution in [0.5, 0.6) is 5.75 Å². The van der Waals surface area contributed by atoms with Crippen molar-refractivity contribution in [1.29, 1.82) is 0 Å². The fourth-order valence-electron chi connectivity index (χ4n) is 4.07. The van der Waals surface area contributed by atoms with Crippen LogP contribution in [0.1, 0.15) is 35.2 Å². The summed E-state index contributed by atoms with van der Waals surface area (Å²) in [4.78, 5) is 28.4. The Labute approximate surface area is 199 Å². The van der Waals surface area contributed by atoms with Crippen LogP contribution in [0.3, 0.4) is 0 Å². The van der Waals surface area contributed by atoms with Crippen LogP contribution < -0.4 is 15.4 Å². The molecule has 0 saturated carbocycles. The van der Waals surface area contributed by atoms with Crippen molar-refractivity contribution in [3.63, 3.8) is 0 Å². The number of rotatable bonds is 6. The number of fused-ring (bicyclic) bond motifs is 1. The Bertz CT molecular complexity index is 1040. The number of anilines is 1. The number of ether oxygens (including phenoxy) is 2. The van der Waals surface area contributed by atoms with Crippen molar-refractivity contribution in [2.45, 2.75) is 43.1 Å². The van der Waals surface area contributed by atoms with E-state index >= 15 is 0 Å². The summed E-state index contributed by atoms with van der Waals surface area (Å²) in [5.41, 5.74) is 7.79. The number of alkyl halides is 3. The van der Waals surface area contributed by atoms with Gasteiger partial charge in [0.05, 0.1) is 18.3 Å². The first-order valence-corrected chi connectivity index (χ1v) is 12.0. The lowest BCUT2D eigenvalue weighted by molar-refractivity contribution is -0.274. The van der Waals surface area contributed by atoms with Crippen LogP contribution >= 0.6 is 11.8 Å². The lowest BCUT2D eigenvalue weighted by atomic mass is 9.92. The smallest absolute Gasteiger partial charge is 0.406 e. The van der Waals surface area contributed by atoms with Gasteiger partial charge in [-0.05, 0) is 48.6 Å². The number of benzene rings is 2. The molecule has 2 heterocycles. The average Bonchev–Trinajstić information content (AvgIpc) is 2.92. The molecule has 1 amide bonds. The lowest BCUT2D eigenvalue weighted by Gasteiger charge is -2.25. The number of amides is 1. The van der Waals surface area contributed by atoms with Crippen molar-refractivity contribution in [2.75, 3.05) is 23.9 Å². The second-order valence-electron chi connectivity index (χ2n) is 8.40. The molecule has 0 aromatic heterocycles. The maximum absolute atomic E-state index is 13.1. The third-order valence-corrected chi connectivity index (χ3v) is 7.07. The predicted molar refractivity (Wildman–Crippen MR) is 122 cm³/mol. The average molecular weight is 495 g/mol. The van der Waals surface area contributed by atoms with Crippen LogP contribution in [-0.2, 0) is 16.1 Å². The summed E-state index contributed by atoms with van der Waals surface area (Å²) in [5.74, 6) is 0.0195. The quantitative estimate of drug-likeness (QED) is 0.594. The Morgan fingerprint density at radius 1 is 1.15 bits per heavy atom. The summed E-state index contributed by atoms with van der Waals surface area (Å²) in [6, 6.07) is 9.93. The van der Waals surface area contributed by atoms with Gasteiger partial charge in [-0.25, -0.2) is 0 Å². The minimum absolute atomic E-state index is 0.00861. The van der Waals surface area contributed by atoms with E-state index in [0.29, 0.717) is 42.2 Å². The number of nitrogens with two attached hydrogens (primary N) is 1. The third-order valence-electron chi connectivity index (χ3n) is 5.89. The van der Waals surface area contributed by atoms with E-state index in [4.69, 9.17) is 10.5 Å². The maximum atomic E-state index is 13.1. The molecule has 1 fully saturated rings. The van der Waals surface area contributed by atoms with Crippen LogP contribution in [0.15, 0.2) is 47.4 Å². The molecule has 182 valence electrons. The lowest BCUT2D eigenvalue weighted by Crippen LogP contribution is -2.44. The number of hydrogen-bond acceptors (Lipinski definition) is 6. The second-order valence-corrected chi connectivity index (χ2v) is 9.46. The van der Waals surface area contributed by atoms with Crippen LogP contribution in [0.2, 0.25) is 0 Å². The highest BCUT2D eigenvalue weighted by molar-refractivity contribution is 7.99. The Morgan fingerprint density at radius 3 is 2.53 bits per heavy atom. The highest BCUT2D eigenvalue weighted by atomic mass is 32.2. The number of hydrogen-bond donors (Lipinski definition) is 1. The molecule has 0 radical (unpaired) electrons. The third kappa shape index (κ3) is 6.11. The Morgan fingerprint density at radius 2 is 1.85 bits per heavy atom. The molecule has 0 aliphatic carbocycles. The minimum atomic E-state index is -4.78. The van der Waals surface area contributed by atoms with Gasteiger partial charge in [0.25, 0.3) is 0 Å². The molecule has 0 spiro atoms. The monoisotopic (exact) mass is 494 g/mol. The van der Waals surface area contributed by atoms with Gasteiger partial charge in [-0.2, -0.15) is 0 Å². The largest absolute Gasteiger partial charge is 0.573 e. The Hall–Kier alpha value is -2.56. The highest BCUT2D eigenvalue weighted by Crippen LogP contribution is 2.36. The van der Waals surface area contributed by atoms with Gasteiger partial charge >= 0.3 is 6.36 Å². The van der Waals surface area contributed by atoms with Crippen LogP contribution in [0.4, 0.5) is 18.9 Å². The minimum Gasteiger partial charge on any atom is -0.406 e. The molecule has 34 heavy (non-hydrogen) atoms. The SMILES string of the molecule is N[C@H]1CSc2ccc(C(=O)CC3CCOCC3)cc2N(Cc2ccc(OC(F)(F)F)cc2)C1=O. The zero-order valence-corrected chi connectivity index (χ0v) is 19.2. The van der Waals surface area contributed by atoms with E-state index in [-0.39, 0.29) is 29.9 Å². The van der Waals surface area contributed by atoms with Gasteiger partial charge in [0, 0.05) is 35.8 Å². The van der Waals surface area contributed by atoms with Gasteiger partial charge in [-0.1, -0.05) is 18.2 Å². The number of carbonyl (C=O) groups excluding carboxylic acids is 2. The number of nitrogens with zero attached hydrogens (tertiary/aromatic N) is 1. The zero-order valence-electron chi connectivity index (χ0n) is 18.3. The molecule has 1 atom stereocenters. The standard InChI is InChI=1S/C24H25F3N2O4S/c25-24(26,27)33-18-4-1-16(2-5-18)13-29-20-12-17(21(30)11-15-7-9-32-10-8-15)3-6-22(20)34-14-19(28)23(29)31/h1-6,12,15,19H,7-11,13-14,28H2/t19-/m0/s1. The van der Waals surface area contributed by atoms with E-state index in [0.717, 1.165) is 17.7 Å². The fraction of sp³-hybridized carbons (Fsp3) is 0.417. The molecule has 2 N–H and O–H groups in total. The summed E-state index contributed by atoms with van der Waals surface area (Å²) in [7, 11) is 0. The number of Topliss-reactive ketones (excluding diaryl/α,β-unsaturated/α-hetero) is 1. The molecule has 0 unspecified atom stereocenters. The fourth-order valence-corrected chi connectivity index (χ4v) is 5.05. The number of ketones is 1. The molecular formula is C24H25F3N2O4S. The highest BCUT2D eigenvalue weighted by Gasteiger charge is 2.32. The van der Waals surface area contributed by atoms with Gasteiger partial charge in [0.1, 0.15) is 5.75 Å². The first kappa shape index (κ1) is 24.6. The predicted octanol–water partition coefficient (Wildman–Crippen LogP) is 4.55. The number of thioether (sulfide) groups is 1. The molecule has 1 saturated heterocycles.